The van der Waals surface area contributed by atoms with Gasteiger partial charge in [-0.05, 0) is 17.4 Å². The molecule has 1 aliphatic rings. The molecule has 1 unspecified atom stereocenters. The maximum Gasteiger partial charge on any atom is 0.128 e. The molecule has 2 nitrogen and oxygen atoms in total. The number of fused-ring (bicyclic) bond motifs is 1. The molecule has 88 valence electrons. The molecule has 0 fully saturated rings. The van der Waals surface area contributed by atoms with Crippen LogP contribution in [-0.2, 0) is 11.8 Å². The molecule has 1 aromatic carbocycles. The summed E-state index contributed by atoms with van der Waals surface area (Å²) in [4.78, 5) is 0. The lowest BCUT2D eigenvalue weighted by molar-refractivity contribution is 0.325. The lowest BCUT2D eigenvalue weighted by Crippen LogP contribution is -2.13. The van der Waals surface area contributed by atoms with E-state index < -0.39 is 0 Å². The second-order valence-corrected chi connectivity index (χ2v) is 5.58. The molecule has 16 heavy (non-hydrogen) atoms. The summed E-state index contributed by atoms with van der Waals surface area (Å²) in [5.74, 6) is 1.03. The number of rotatable bonds is 1. The topological polar surface area (TPSA) is 35.2 Å². The summed E-state index contributed by atoms with van der Waals surface area (Å²) in [5.41, 5.74) is 9.99. The third-order valence-corrected chi connectivity index (χ3v) is 3.20. The van der Waals surface area contributed by atoms with Crippen molar-refractivity contribution in [3.8, 4) is 5.75 Å². The minimum Gasteiger partial charge on any atom is -0.491 e. The van der Waals surface area contributed by atoms with Crippen LogP contribution in [0.3, 0.4) is 0 Å². The number of ether oxygens (including phenoxy) is 1. The minimum absolute atomic E-state index is 0.0441. The Balaban J connectivity index is 2.61. The molecule has 1 atom stereocenters. The third kappa shape index (κ3) is 1.82. The number of benzene rings is 1. The molecule has 2 rings (SSSR count). The predicted octanol–water partition coefficient (Wildman–Crippen LogP) is 2.94. The highest BCUT2D eigenvalue weighted by Gasteiger charge is 2.29. The van der Waals surface area contributed by atoms with E-state index in [9.17, 15) is 0 Å². The fourth-order valence-corrected chi connectivity index (χ4v) is 2.17. The van der Waals surface area contributed by atoms with Gasteiger partial charge in [0.2, 0.25) is 0 Å². The molecule has 0 aliphatic carbocycles. The molecule has 0 radical (unpaired) electrons. The van der Waals surface area contributed by atoms with E-state index in [1.165, 1.54) is 16.7 Å². The zero-order chi connectivity index (χ0) is 11.9. The standard InChI is InChI=1S/C14H21NO/c1-5-9-6-10-12(15)8-16-13(10)11(7-9)14(2,3)4/h6-7,12H,5,8,15H2,1-4H3. The van der Waals surface area contributed by atoms with Crippen LogP contribution in [0, 0.1) is 0 Å². The van der Waals surface area contributed by atoms with E-state index in [4.69, 9.17) is 10.5 Å². The molecule has 0 spiro atoms. The van der Waals surface area contributed by atoms with E-state index >= 15 is 0 Å². The van der Waals surface area contributed by atoms with Crippen molar-refractivity contribution in [3.05, 3.63) is 28.8 Å². The van der Waals surface area contributed by atoms with Gasteiger partial charge in [0.05, 0.1) is 6.04 Å². The van der Waals surface area contributed by atoms with Gasteiger partial charge in [-0.1, -0.05) is 39.8 Å². The number of hydrogen-bond acceptors (Lipinski definition) is 2. The van der Waals surface area contributed by atoms with E-state index in [2.05, 4.69) is 39.8 Å². The van der Waals surface area contributed by atoms with Gasteiger partial charge >= 0.3 is 0 Å². The Labute approximate surface area is 97.8 Å². The number of aryl methyl sites for hydroxylation is 1. The van der Waals surface area contributed by atoms with Gasteiger partial charge in [-0.25, -0.2) is 0 Å². The molecular formula is C14H21NO. The van der Waals surface area contributed by atoms with Crippen LogP contribution in [0.4, 0.5) is 0 Å². The van der Waals surface area contributed by atoms with E-state index in [1.807, 2.05) is 0 Å². The summed E-state index contributed by atoms with van der Waals surface area (Å²) >= 11 is 0. The van der Waals surface area contributed by atoms with Gasteiger partial charge in [-0.2, -0.15) is 0 Å². The van der Waals surface area contributed by atoms with E-state index in [1.54, 1.807) is 0 Å². The van der Waals surface area contributed by atoms with Gasteiger partial charge in [0.15, 0.2) is 0 Å². The highest BCUT2D eigenvalue weighted by atomic mass is 16.5. The first-order valence-electron chi connectivity index (χ1n) is 5.99. The third-order valence-electron chi connectivity index (χ3n) is 3.20. The summed E-state index contributed by atoms with van der Waals surface area (Å²) < 4.78 is 5.74. The van der Waals surface area contributed by atoms with Gasteiger partial charge < -0.3 is 10.5 Å². The van der Waals surface area contributed by atoms with Crippen LogP contribution in [0.15, 0.2) is 12.1 Å². The zero-order valence-electron chi connectivity index (χ0n) is 10.6. The maximum atomic E-state index is 6.06. The van der Waals surface area contributed by atoms with Gasteiger partial charge in [0.25, 0.3) is 0 Å². The van der Waals surface area contributed by atoms with Crippen LogP contribution in [0.1, 0.15) is 50.4 Å². The summed E-state index contributed by atoms with van der Waals surface area (Å²) in [6.45, 7) is 9.45. The molecule has 2 N–H and O–H groups in total. The van der Waals surface area contributed by atoms with Gasteiger partial charge in [0, 0.05) is 11.1 Å². The number of hydrogen-bond donors (Lipinski definition) is 1. The van der Waals surface area contributed by atoms with E-state index in [-0.39, 0.29) is 11.5 Å². The van der Waals surface area contributed by atoms with Crippen molar-refractivity contribution in [2.24, 2.45) is 5.73 Å². The summed E-state index contributed by atoms with van der Waals surface area (Å²) in [6.07, 6.45) is 1.04. The molecule has 1 heterocycles. The average Bonchev–Trinajstić information content (AvgIpc) is 2.58. The molecule has 2 heteroatoms. The summed E-state index contributed by atoms with van der Waals surface area (Å²) in [5, 5.41) is 0. The van der Waals surface area contributed by atoms with Gasteiger partial charge in [0.1, 0.15) is 12.4 Å². The highest BCUT2D eigenvalue weighted by Crippen LogP contribution is 2.41. The molecule has 1 aromatic rings. The Morgan fingerprint density at radius 2 is 2.06 bits per heavy atom. The van der Waals surface area contributed by atoms with Crippen molar-refractivity contribution in [2.45, 2.75) is 45.6 Å². The lowest BCUT2D eigenvalue weighted by atomic mass is 9.83. The highest BCUT2D eigenvalue weighted by molar-refractivity contribution is 5.51. The minimum atomic E-state index is 0.0441. The Morgan fingerprint density at radius 3 is 2.62 bits per heavy atom. The zero-order valence-corrected chi connectivity index (χ0v) is 10.6. The fourth-order valence-electron chi connectivity index (χ4n) is 2.17. The summed E-state index contributed by atoms with van der Waals surface area (Å²) in [6, 6.07) is 4.50. The first-order chi connectivity index (χ1) is 7.43. The molecule has 0 saturated heterocycles. The second-order valence-electron chi connectivity index (χ2n) is 5.58. The fraction of sp³-hybridized carbons (Fsp3) is 0.571. The first kappa shape index (κ1) is 11.5. The monoisotopic (exact) mass is 219 g/mol. The second kappa shape index (κ2) is 3.77. The van der Waals surface area contributed by atoms with Crippen LogP contribution in [0.25, 0.3) is 0 Å². The molecule has 0 aromatic heterocycles. The Bertz CT molecular complexity index is 404. The number of nitrogens with two attached hydrogens (primary N) is 1. The molecule has 0 amide bonds. The van der Waals surface area contributed by atoms with Crippen LogP contribution >= 0.6 is 0 Å². The van der Waals surface area contributed by atoms with E-state index in [0.717, 1.165) is 12.2 Å². The van der Waals surface area contributed by atoms with Crippen LogP contribution < -0.4 is 10.5 Å². The van der Waals surface area contributed by atoms with Crippen molar-refractivity contribution in [3.63, 3.8) is 0 Å². The van der Waals surface area contributed by atoms with Crippen LogP contribution in [-0.4, -0.2) is 6.61 Å². The summed E-state index contributed by atoms with van der Waals surface area (Å²) in [7, 11) is 0. The average molecular weight is 219 g/mol. The van der Waals surface area contributed by atoms with E-state index in [0.29, 0.717) is 6.61 Å². The largest absolute Gasteiger partial charge is 0.491 e. The smallest absolute Gasteiger partial charge is 0.128 e. The SMILES string of the molecule is CCc1cc2c(c(C(C)(C)C)c1)OCC2N. The Hall–Kier alpha value is -1.02. The van der Waals surface area contributed by atoms with Crippen molar-refractivity contribution >= 4 is 0 Å². The van der Waals surface area contributed by atoms with Crippen LogP contribution in [0.2, 0.25) is 0 Å². The maximum absolute atomic E-state index is 6.06. The molecular weight excluding hydrogens is 198 g/mol. The van der Waals surface area contributed by atoms with Gasteiger partial charge in [-0.3, -0.25) is 0 Å². The Morgan fingerprint density at radius 1 is 1.38 bits per heavy atom. The van der Waals surface area contributed by atoms with Gasteiger partial charge in [-0.15, -0.1) is 0 Å². The molecule has 0 saturated carbocycles. The molecule has 1 aliphatic heterocycles. The van der Waals surface area contributed by atoms with Crippen LogP contribution in [0.5, 0.6) is 5.75 Å². The first-order valence-corrected chi connectivity index (χ1v) is 5.99. The lowest BCUT2D eigenvalue weighted by Gasteiger charge is -2.23. The van der Waals surface area contributed by atoms with Crippen molar-refractivity contribution in [2.75, 3.05) is 6.61 Å². The molecule has 0 bridgehead atoms. The normalized spacial score (nSPS) is 19.4. The Kier molecular flexibility index (Phi) is 2.70. The van der Waals surface area contributed by atoms with Crippen molar-refractivity contribution in [1.29, 1.82) is 0 Å². The predicted molar refractivity (Wildman–Crippen MR) is 66.9 cm³/mol. The van der Waals surface area contributed by atoms with Crippen molar-refractivity contribution < 1.29 is 4.74 Å². The quantitative estimate of drug-likeness (QED) is 0.788. The van der Waals surface area contributed by atoms with Crippen molar-refractivity contribution in [1.82, 2.24) is 0 Å².